The largest absolute Gasteiger partial charge is 0.468 e. The molecule has 7 aliphatic rings. The average molecular weight is 1110 g/mol. The molecule has 3 aromatic carbocycles. The van der Waals surface area contributed by atoms with Crippen LogP contribution in [0, 0.1) is 17.0 Å². The minimum Gasteiger partial charge on any atom is -0.468 e. The SMILES string of the molecule is CCc1c(F)ccc2cc(OCOC)cc(-c3ncc4c(N5CCC[C@@](C)(O)C5)nc(OC[C@@]56CCCN5[C@H](CN5CCC7(CC5)CC(N5CCC(c8ccc9c(c8)n(C)c(=O)n9C8CCC(=O)NC8=O)CC5)C7)CC6)nc4c3F)c12. The van der Waals surface area contributed by atoms with Gasteiger partial charge in [-0.1, -0.05) is 19.1 Å². The Labute approximate surface area is 470 Å². The number of anilines is 1. The summed E-state index contributed by atoms with van der Waals surface area (Å²) >= 11 is 0. The van der Waals surface area contributed by atoms with Crippen LogP contribution in [0.15, 0.2) is 53.5 Å². The van der Waals surface area contributed by atoms with Crippen LogP contribution in [0.4, 0.5) is 14.6 Å². The van der Waals surface area contributed by atoms with Gasteiger partial charge in [-0.2, -0.15) is 9.97 Å². The van der Waals surface area contributed by atoms with Gasteiger partial charge < -0.3 is 34.0 Å². The van der Waals surface area contributed by atoms with Gasteiger partial charge in [-0.05, 0) is 193 Å². The number of aromatic nitrogens is 5. The number of rotatable bonds is 14. The molecule has 19 heteroatoms. The fourth-order valence-corrected chi connectivity index (χ4v) is 15.7. The molecule has 6 saturated heterocycles. The lowest BCUT2D eigenvalue weighted by atomic mass is 9.59. The monoisotopic (exact) mass is 1110 g/mol. The zero-order valence-corrected chi connectivity index (χ0v) is 47.3. The summed E-state index contributed by atoms with van der Waals surface area (Å²) < 4.78 is 54.1. The molecule has 1 aliphatic carbocycles. The number of imide groups is 1. The molecule has 1 spiro atoms. The summed E-state index contributed by atoms with van der Waals surface area (Å²) in [6, 6.07) is 13.3. The summed E-state index contributed by atoms with van der Waals surface area (Å²) in [6.45, 7) is 11.4. The van der Waals surface area contributed by atoms with Crippen molar-refractivity contribution in [3.8, 4) is 23.0 Å². The first-order chi connectivity index (χ1) is 39.1. The number of nitrogens with one attached hydrogen (secondary N) is 1. The van der Waals surface area contributed by atoms with Crippen molar-refractivity contribution in [2.45, 2.75) is 145 Å². The molecule has 7 fully saturated rings. The third kappa shape index (κ3) is 9.85. The van der Waals surface area contributed by atoms with Gasteiger partial charge in [0.1, 0.15) is 41.2 Å². The smallest absolute Gasteiger partial charge is 0.329 e. The Morgan fingerprint density at radius 2 is 1.67 bits per heavy atom. The van der Waals surface area contributed by atoms with Crippen molar-refractivity contribution in [3.63, 3.8) is 0 Å². The maximum atomic E-state index is 17.6. The molecule has 0 bridgehead atoms. The number of amides is 2. The standard InChI is InChI=1S/C62H76F2N10O7/c1-5-44-47(63)10-8-40-28-43(81-37-79-4)30-45(52(40)44)54-53(64)55-46(33-65-54)56(72-22-6-17-60(2,78)35-72)68-58(67-55)80-36-62-18-7-23-73(62)41(14-19-62)34-70-26-20-61(21-27-70)31-42(32-61)71-24-15-38(16-25-71)39-9-11-48-50(29-39)69(3)59(77)74(48)49-12-13-51(75)66-57(49)76/h8-11,28-30,33,38,41-42,49,78H,5-7,12-27,31-32,34-37H2,1-4H3,(H,66,75,76)/t41-,49?,60+,62-/m0/s1. The highest BCUT2D eigenvalue weighted by Gasteiger charge is 2.52. The van der Waals surface area contributed by atoms with Crippen molar-refractivity contribution in [1.82, 2.24) is 44.1 Å². The van der Waals surface area contributed by atoms with E-state index >= 15 is 8.78 Å². The summed E-state index contributed by atoms with van der Waals surface area (Å²) in [5, 5.41) is 15.3. The third-order valence-corrected chi connectivity index (χ3v) is 20.1. The molecule has 4 atom stereocenters. The fraction of sp³-hybridized carbons (Fsp3) is 0.581. The molecular weight excluding hydrogens is 1030 g/mol. The number of aryl methyl sites for hydroxylation is 2. The number of pyridine rings is 1. The van der Waals surface area contributed by atoms with Gasteiger partial charge in [-0.15, -0.1) is 0 Å². The first kappa shape index (κ1) is 54.1. The number of imidazole rings is 1. The van der Waals surface area contributed by atoms with Crippen LogP contribution >= 0.6 is 0 Å². The quantitative estimate of drug-likeness (QED) is 0.0791. The number of halogens is 2. The van der Waals surface area contributed by atoms with Crippen molar-refractivity contribution in [2.24, 2.45) is 12.5 Å². The number of hydrogen-bond acceptors (Lipinski definition) is 14. The summed E-state index contributed by atoms with van der Waals surface area (Å²) in [5.41, 5.74) is 2.76. The summed E-state index contributed by atoms with van der Waals surface area (Å²) in [4.78, 5) is 62.7. The number of nitrogens with zero attached hydrogens (tertiary/aromatic N) is 9. The van der Waals surface area contributed by atoms with E-state index < -0.39 is 23.4 Å². The molecule has 6 aromatic rings. The second-order valence-electron chi connectivity index (χ2n) is 25.1. The maximum Gasteiger partial charge on any atom is 0.329 e. The maximum absolute atomic E-state index is 17.6. The molecular formula is C62H76F2N10O7. The van der Waals surface area contributed by atoms with E-state index in [1.54, 1.807) is 40.6 Å². The minimum atomic E-state index is -0.967. The number of likely N-dealkylation sites (tertiary alicyclic amines) is 2. The third-order valence-electron chi connectivity index (χ3n) is 20.1. The molecule has 2 amide bonds. The Morgan fingerprint density at radius 1 is 0.864 bits per heavy atom. The second kappa shape index (κ2) is 21.3. The molecule has 1 saturated carbocycles. The Morgan fingerprint density at radius 3 is 2.43 bits per heavy atom. The van der Waals surface area contributed by atoms with E-state index in [-0.39, 0.29) is 53.4 Å². The van der Waals surface area contributed by atoms with Crippen molar-refractivity contribution in [2.75, 3.05) is 77.8 Å². The Bertz CT molecular complexity index is 3490. The number of piperidine rings is 4. The van der Waals surface area contributed by atoms with Crippen molar-refractivity contribution >= 4 is 50.3 Å². The Balaban J connectivity index is 0.656. The number of carbonyl (C=O) groups is 2. The average Bonchev–Trinajstić information content (AvgIpc) is 4.29. The Hall–Kier alpha value is -6.12. The number of hydrogen-bond donors (Lipinski definition) is 2. The molecule has 3 aromatic heterocycles. The van der Waals surface area contributed by atoms with Crippen molar-refractivity contribution in [1.29, 1.82) is 0 Å². The first-order valence-corrected chi connectivity index (χ1v) is 29.7. The van der Waals surface area contributed by atoms with Crippen molar-refractivity contribution in [3.05, 3.63) is 81.9 Å². The summed E-state index contributed by atoms with van der Waals surface area (Å²) in [5.74, 6) is -0.442. The predicted molar refractivity (Wildman–Crippen MR) is 305 cm³/mol. The van der Waals surface area contributed by atoms with E-state index in [4.69, 9.17) is 29.2 Å². The van der Waals surface area contributed by atoms with Gasteiger partial charge in [-0.3, -0.25) is 33.9 Å². The highest BCUT2D eigenvalue weighted by Crippen LogP contribution is 2.52. The number of benzene rings is 3. The molecule has 81 heavy (non-hydrogen) atoms. The van der Waals surface area contributed by atoms with Gasteiger partial charge in [0.25, 0.3) is 0 Å². The van der Waals surface area contributed by atoms with Gasteiger partial charge in [-0.25, -0.2) is 13.6 Å². The van der Waals surface area contributed by atoms with Crippen LogP contribution in [0.5, 0.6) is 11.8 Å². The van der Waals surface area contributed by atoms with Gasteiger partial charge in [0.2, 0.25) is 11.8 Å². The highest BCUT2D eigenvalue weighted by molar-refractivity contribution is 6.02. The van der Waals surface area contributed by atoms with Crippen LogP contribution in [0.3, 0.4) is 0 Å². The van der Waals surface area contributed by atoms with E-state index in [9.17, 15) is 19.5 Å². The van der Waals surface area contributed by atoms with E-state index in [2.05, 4.69) is 32.1 Å². The molecule has 6 aliphatic heterocycles. The lowest BCUT2D eigenvalue weighted by molar-refractivity contribution is -0.135. The highest BCUT2D eigenvalue weighted by atomic mass is 19.1. The van der Waals surface area contributed by atoms with Crippen LogP contribution in [0.25, 0.3) is 44.0 Å². The van der Waals surface area contributed by atoms with Gasteiger partial charge in [0.15, 0.2) is 12.6 Å². The molecule has 9 heterocycles. The number of fused-ring (bicyclic) bond motifs is 4. The van der Waals surface area contributed by atoms with Crippen LogP contribution in [0.1, 0.15) is 127 Å². The van der Waals surface area contributed by atoms with E-state index in [1.807, 2.05) is 24.8 Å². The van der Waals surface area contributed by atoms with Crippen LogP contribution < -0.4 is 25.4 Å². The van der Waals surface area contributed by atoms with E-state index in [0.29, 0.717) is 101 Å². The minimum absolute atomic E-state index is 0.0137. The normalized spacial score (nSPS) is 26.0. The van der Waals surface area contributed by atoms with Crippen LogP contribution in [0.2, 0.25) is 0 Å². The molecule has 1 unspecified atom stereocenters. The lowest BCUT2D eigenvalue weighted by Gasteiger charge is -2.56. The molecule has 2 N–H and O–H groups in total. The van der Waals surface area contributed by atoms with Gasteiger partial charge in [0.05, 0.1) is 27.6 Å². The molecule has 0 radical (unpaired) electrons. The number of ether oxygens (including phenoxy) is 3. The lowest BCUT2D eigenvalue weighted by Crippen LogP contribution is -2.57. The number of methoxy groups -OCH3 is 1. The zero-order chi connectivity index (χ0) is 56.0. The zero-order valence-electron chi connectivity index (χ0n) is 47.3. The van der Waals surface area contributed by atoms with E-state index in [1.165, 1.54) is 44.4 Å². The second-order valence-corrected chi connectivity index (χ2v) is 25.1. The summed E-state index contributed by atoms with van der Waals surface area (Å²) in [6.07, 6.45) is 15.2. The number of aliphatic hydroxyl groups is 1. The molecule has 17 nitrogen and oxygen atoms in total. The summed E-state index contributed by atoms with van der Waals surface area (Å²) in [7, 11) is 3.29. The first-order valence-electron chi connectivity index (χ1n) is 29.7. The Kier molecular flexibility index (Phi) is 14.2. The van der Waals surface area contributed by atoms with Gasteiger partial charge >= 0.3 is 11.7 Å². The van der Waals surface area contributed by atoms with Crippen molar-refractivity contribution < 1.29 is 37.7 Å². The molecule has 13 rings (SSSR count). The van der Waals surface area contributed by atoms with Crippen LogP contribution in [-0.2, 0) is 27.8 Å². The fourth-order valence-electron chi connectivity index (χ4n) is 15.7. The molecule has 430 valence electrons. The number of β-amino-alcohol motifs (C(OH)–C–C–N with tert-alkyl or cyclic N) is 1. The predicted octanol–water partition coefficient (Wildman–Crippen LogP) is 8.15. The van der Waals surface area contributed by atoms with Crippen LogP contribution in [-0.4, -0.2) is 152 Å². The topological polar surface area (TPSA) is 173 Å². The van der Waals surface area contributed by atoms with Gasteiger partial charge in [0, 0.05) is 64.1 Å². The van der Waals surface area contributed by atoms with E-state index in [0.717, 1.165) is 95.2 Å². The number of carbonyl (C=O) groups excluding carboxylic acids is 2.